The van der Waals surface area contributed by atoms with E-state index in [9.17, 15) is 9.18 Å². The lowest BCUT2D eigenvalue weighted by molar-refractivity contribution is -0.117. The first-order valence-electron chi connectivity index (χ1n) is 11.4. The molecular formula is C26H31FN2O. The zero-order valence-corrected chi connectivity index (χ0v) is 18.0. The summed E-state index contributed by atoms with van der Waals surface area (Å²) >= 11 is 0. The predicted octanol–water partition coefficient (Wildman–Crippen LogP) is 5.77. The van der Waals surface area contributed by atoms with Crippen molar-refractivity contribution in [2.75, 3.05) is 16.8 Å². The number of hydrogen-bond donors (Lipinski definition) is 1. The van der Waals surface area contributed by atoms with Crippen molar-refractivity contribution in [3.8, 4) is 0 Å². The molecule has 3 nitrogen and oxygen atoms in total. The topological polar surface area (TPSA) is 32.3 Å². The van der Waals surface area contributed by atoms with E-state index in [0.29, 0.717) is 12.3 Å². The van der Waals surface area contributed by atoms with Gasteiger partial charge in [-0.15, -0.1) is 0 Å². The van der Waals surface area contributed by atoms with Crippen LogP contribution in [0.4, 0.5) is 15.8 Å². The van der Waals surface area contributed by atoms with E-state index in [2.05, 4.69) is 36.2 Å². The van der Waals surface area contributed by atoms with Crippen molar-refractivity contribution >= 4 is 17.3 Å². The molecule has 2 aromatic rings. The number of carbonyl (C=O) groups is 1. The monoisotopic (exact) mass is 406 g/mol. The molecule has 2 saturated carbocycles. The van der Waals surface area contributed by atoms with E-state index in [4.69, 9.17) is 0 Å². The van der Waals surface area contributed by atoms with Crippen molar-refractivity contribution < 1.29 is 9.18 Å². The summed E-state index contributed by atoms with van der Waals surface area (Å²) in [5.74, 6) is 2.25. The smallest absolute Gasteiger partial charge is 0.224 e. The molecule has 158 valence electrons. The summed E-state index contributed by atoms with van der Waals surface area (Å²) < 4.78 is 13.5. The Hall–Kier alpha value is -2.36. The molecule has 0 saturated heterocycles. The molecule has 3 aliphatic rings. The molecule has 2 aliphatic carbocycles. The van der Waals surface area contributed by atoms with E-state index in [-0.39, 0.29) is 11.7 Å². The highest BCUT2D eigenvalue weighted by molar-refractivity contribution is 5.93. The fraction of sp³-hybridized carbons (Fsp3) is 0.500. The molecule has 1 N–H and O–H groups in total. The van der Waals surface area contributed by atoms with Crippen LogP contribution in [0.5, 0.6) is 0 Å². The number of anilines is 2. The average Bonchev–Trinajstić information content (AvgIpc) is 3.33. The van der Waals surface area contributed by atoms with Gasteiger partial charge in [0.1, 0.15) is 5.82 Å². The minimum atomic E-state index is -0.153. The number of rotatable bonds is 4. The summed E-state index contributed by atoms with van der Waals surface area (Å²) in [6, 6.07) is 9.47. The summed E-state index contributed by atoms with van der Waals surface area (Å²) in [6.07, 6.45) is 6.81. The molecule has 0 radical (unpaired) electrons. The third-order valence-electron chi connectivity index (χ3n) is 7.66. The standard InChI is InChI=1S/C26H31FN2O/c1-16-9-24(29-8-7-20-13-23(27)6-5-21(20)15-29)10-17(2)26(16)28-25(30)14-22-12-18-3-4-19(22)11-18/h5-6,9-10,13,18-19,22H,3-4,7-8,11-12,14-15H2,1-2H3,(H,28,30). The predicted molar refractivity (Wildman–Crippen MR) is 119 cm³/mol. The number of nitrogens with zero attached hydrogens (tertiary/aromatic N) is 1. The van der Waals surface area contributed by atoms with Crippen molar-refractivity contribution in [1.29, 1.82) is 0 Å². The quantitative estimate of drug-likeness (QED) is 0.699. The molecule has 0 aromatic heterocycles. The number of amides is 1. The number of hydrogen-bond acceptors (Lipinski definition) is 2. The van der Waals surface area contributed by atoms with E-state index >= 15 is 0 Å². The number of aryl methyl sites for hydroxylation is 2. The summed E-state index contributed by atoms with van der Waals surface area (Å²) in [5, 5.41) is 3.22. The molecule has 2 fully saturated rings. The molecule has 5 rings (SSSR count). The van der Waals surface area contributed by atoms with Crippen molar-refractivity contribution in [3.63, 3.8) is 0 Å². The lowest BCUT2D eigenvalue weighted by Gasteiger charge is -2.31. The van der Waals surface area contributed by atoms with E-state index in [1.54, 1.807) is 12.1 Å². The van der Waals surface area contributed by atoms with Crippen LogP contribution in [0, 0.1) is 37.4 Å². The normalized spacial score (nSPS) is 24.8. The van der Waals surface area contributed by atoms with Crippen LogP contribution in [0.1, 0.15) is 54.4 Å². The molecular weight excluding hydrogens is 375 g/mol. The molecule has 0 spiro atoms. The Labute approximate surface area is 178 Å². The van der Waals surface area contributed by atoms with Crippen LogP contribution in [0.15, 0.2) is 30.3 Å². The van der Waals surface area contributed by atoms with Gasteiger partial charge >= 0.3 is 0 Å². The highest BCUT2D eigenvalue weighted by Gasteiger charge is 2.40. The van der Waals surface area contributed by atoms with Crippen LogP contribution in [-0.2, 0) is 17.8 Å². The second kappa shape index (κ2) is 7.72. The van der Waals surface area contributed by atoms with Gasteiger partial charge in [0.2, 0.25) is 5.91 Å². The van der Waals surface area contributed by atoms with Crippen molar-refractivity contribution in [3.05, 3.63) is 58.4 Å². The maximum atomic E-state index is 13.5. The summed E-state index contributed by atoms with van der Waals surface area (Å²) in [7, 11) is 0. The molecule has 1 heterocycles. The maximum Gasteiger partial charge on any atom is 0.224 e. The second-order valence-corrected chi connectivity index (χ2v) is 9.73. The van der Waals surface area contributed by atoms with E-state index < -0.39 is 0 Å². The highest BCUT2D eigenvalue weighted by atomic mass is 19.1. The zero-order chi connectivity index (χ0) is 20.8. The molecule has 3 unspecified atom stereocenters. The van der Waals surface area contributed by atoms with Gasteiger partial charge in [-0.1, -0.05) is 12.5 Å². The Morgan fingerprint density at radius 2 is 1.90 bits per heavy atom. The number of halogens is 1. The molecule has 2 bridgehead atoms. The van der Waals surface area contributed by atoms with Gasteiger partial charge in [-0.2, -0.15) is 0 Å². The highest BCUT2D eigenvalue weighted by Crippen LogP contribution is 2.49. The van der Waals surface area contributed by atoms with Crippen molar-refractivity contribution in [1.82, 2.24) is 0 Å². The second-order valence-electron chi connectivity index (χ2n) is 9.73. The van der Waals surface area contributed by atoms with E-state index in [0.717, 1.165) is 53.7 Å². The van der Waals surface area contributed by atoms with Gasteiger partial charge in [0.25, 0.3) is 0 Å². The Morgan fingerprint density at radius 3 is 2.60 bits per heavy atom. The third-order valence-corrected chi connectivity index (χ3v) is 7.66. The van der Waals surface area contributed by atoms with Crippen LogP contribution >= 0.6 is 0 Å². The molecule has 3 atom stereocenters. The molecule has 1 aliphatic heterocycles. The average molecular weight is 407 g/mol. The third kappa shape index (κ3) is 3.73. The number of benzene rings is 2. The summed E-state index contributed by atoms with van der Waals surface area (Å²) in [5.41, 5.74) is 6.66. The Kier molecular flexibility index (Phi) is 5.04. The lowest BCUT2D eigenvalue weighted by atomic mass is 9.86. The van der Waals surface area contributed by atoms with Gasteiger partial charge in [0.05, 0.1) is 0 Å². The Bertz CT molecular complexity index is 962. The van der Waals surface area contributed by atoms with Gasteiger partial charge in [0, 0.05) is 30.9 Å². The maximum absolute atomic E-state index is 13.5. The van der Waals surface area contributed by atoms with Gasteiger partial charge in [-0.05, 0) is 104 Å². The number of fused-ring (bicyclic) bond motifs is 3. The van der Waals surface area contributed by atoms with Crippen molar-refractivity contribution in [2.24, 2.45) is 17.8 Å². The van der Waals surface area contributed by atoms with Crippen LogP contribution < -0.4 is 10.2 Å². The molecule has 4 heteroatoms. The van der Waals surface area contributed by atoms with Gasteiger partial charge in [0.15, 0.2) is 0 Å². The summed E-state index contributed by atoms with van der Waals surface area (Å²) in [6.45, 7) is 5.84. The van der Waals surface area contributed by atoms with E-state index in [1.807, 2.05) is 6.07 Å². The SMILES string of the molecule is Cc1cc(N2CCc3cc(F)ccc3C2)cc(C)c1NC(=O)CC1CC2CCC1C2. The fourth-order valence-electron chi connectivity index (χ4n) is 6.12. The first-order valence-corrected chi connectivity index (χ1v) is 11.4. The van der Waals surface area contributed by atoms with Crippen LogP contribution in [-0.4, -0.2) is 12.5 Å². The van der Waals surface area contributed by atoms with Crippen molar-refractivity contribution in [2.45, 2.75) is 58.9 Å². The zero-order valence-electron chi connectivity index (χ0n) is 18.0. The molecule has 30 heavy (non-hydrogen) atoms. The Balaban J connectivity index is 1.28. The number of carbonyl (C=O) groups excluding carboxylic acids is 1. The number of nitrogens with one attached hydrogen (secondary N) is 1. The van der Waals surface area contributed by atoms with E-state index in [1.165, 1.54) is 36.9 Å². The van der Waals surface area contributed by atoms with Crippen LogP contribution in [0.2, 0.25) is 0 Å². The first-order chi connectivity index (χ1) is 14.5. The largest absolute Gasteiger partial charge is 0.367 e. The first kappa shape index (κ1) is 19.6. The molecule has 2 aromatic carbocycles. The fourth-order valence-corrected chi connectivity index (χ4v) is 6.12. The van der Waals surface area contributed by atoms with Gasteiger partial charge in [-0.25, -0.2) is 4.39 Å². The minimum absolute atomic E-state index is 0.153. The van der Waals surface area contributed by atoms with Gasteiger partial charge in [-0.3, -0.25) is 4.79 Å². The summed E-state index contributed by atoms with van der Waals surface area (Å²) in [4.78, 5) is 15.1. The lowest BCUT2D eigenvalue weighted by Crippen LogP contribution is -2.30. The van der Waals surface area contributed by atoms with Crippen LogP contribution in [0.3, 0.4) is 0 Å². The van der Waals surface area contributed by atoms with Crippen LogP contribution in [0.25, 0.3) is 0 Å². The van der Waals surface area contributed by atoms with Gasteiger partial charge < -0.3 is 10.2 Å². The molecule has 1 amide bonds. The Morgan fingerprint density at radius 1 is 1.10 bits per heavy atom. The minimum Gasteiger partial charge on any atom is -0.367 e.